The zero-order chi connectivity index (χ0) is 26.0. The van der Waals surface area contributed by atoms with E-state index in [4.69, 9.17) is 9.47 Å². The standard InChI is InChI=1S/C28H26F4O4/c1-16-10-17(2)27(35-15-23-13-22(33)14-25(34)36-23)24(11-16)26(18-6-8-21(29)9-7-18)19-4-3-5-20(12-19)28(30,31)32/h3-12,22-23,26,33H,13-15H2,1-2H3/t22-,23+,26?/m1/s1. The van der Waals surface area contributed by atoms with Gasteiger partial charge in [-0.05, 0) is 48.7 Å². The summed E-state index contributed by atoms with van der Waals surface area (Å²) in [5, 5.41) is 9.91. The van der Waals surface area contributed by atoms with Crippen LogP contribution in [0, 0.1) is 19.7 Å². The van der Waals surface area contributed by atoms with E-state index in [-0.39, 0.29) is 19.4 Å². The Balaban J connectivity index is 1.80. The Hall–Kier alpha value is -3.39. The monoisotopic (exact) mass is 502 g/mol. The molecular formula is C28H26F4O4. The number of rotatable bonds is 6. The van der Waals surface area contributed by atoms with Crippen LogP contribution in [-0.4, -0.2) is 29.9 Å². The Kier molecular flexibility index (Phi) is 7.36. The second kappa shape index (κ2) is 10.3. The van der Waals surface area contributed by atoms with Crippen molar-refractivity contribution >= 4 is 5.97 Å². The van der Waals surface area contributed by atoms with Gasteiger partial charge in [-0.25, -0.2) is 4.39 Å². The molecule has 8 heteroatoms. The van der Waals surface area contributed by atoms with Gasteiger partial charge in [0.05, 0.1) is 18.1 Å². The molecule has 1 fully saturated rings. The summed E-state index contributed by atoms with van der Waals surface area (Å²) in [4.78, 5) is 11.7. The van der Waals surface area contributed by atoms with Crippen molar-refractivity contribution in [2.45, 2.75) is 51.0 Å². The van der Waals surface area contributed by atoms with Gasteiger partial charge in [-0.3, -0.25) is 4.79 Å². The number of ether oxygens (including phenoxy) is 2. The van der Waals surface area contributed by atoms with Crippen LogP contribution in [0.5, 0.6) is 5.75 Å². The molecule has 1 saturated heterocycles. The lowest BCUT2D eigenvalue weighted by molar-refractivity contribution is -0.162. The third-order valence-electron chi connectivity index (χ3n) is 6.16. The van der Waals surface area contributed by atoms with Crippen LogP contribution < -0.4 is 4.74 Å². The predicted molar refractivity (Wildman–Crippen MR) is 125 cm³/mol. The van der Waals surface area contributed by atoms with Crippen molar-refractivity contribution in [2.24, 2.45) is 0 Å². The number of aliphatic hydroxyl groups is 1. The Morgan fingerprint density at radius 3 is 2.44 bits per heavy atom. The molecule has 0 aromatic heterocycles. The van der Waals surface area contributed by atoms with Crippen LogP contribution in [0.2, 0.25) is 0 Å². The van der Waals surface area contributed by atoms with E-state index in [2.05, 4.69) is 0 Å². The molecular weight excluding hydrogens is 476 g/mol. The molecule has 0 radical (unpaired) electrons. The molecule has 0 spiro atoms. The van der Waals surface area contributed by atoms with Crippen LogP contribution in [0.4, 0.5) is 17.6 Å². The number of esters is 1. The highest BCUT2D eigenvalue weighted by molar-refractivity contribution is 5.71. The molecule has 1 aliphatic heterocycles. The Bertz CT molecular complexity index is 1240. The average Bonchev–Trinajstić information content (AvgIpc) is 2.79. The zero-order valence-corrected chi connectivity index (χ0v) is 19.8. The maximum Gasteiger partial charge on any atom is 0.416 e. The number of aryl methyl sites for hydroxylation is 2. The fourth-order valence-corrected chi connectivity index (χ4v) is 4.64. The lowest BCUT2D eigenvalue weighted by Gasteiger charge is -2.28. The smallest absolute Gasteiger partial charge is 0.416 e. The van der Waals surface area contributed by atoms with Crippen molar-refractivity contribution in [3.05, 3.63) is 99.9 Å². The van der Waals surface area contributed by atoms with Crippen molar-refractivity contribution in [1.29, 1.82) is 0 Å². The van der Waals surface area contributed by atoms with Crippen LogP contribution in [0.3, 0.4) is 0 Å². The third-order valence-corrected chi connectivity index (χ3v) is 6.16. The first-order chi connectivity index (χ1) is 17.0. The molecule has 1 unspecified atom stereocenters. The van der Waals surface area contributed by atoms with Gasteiger partial charge in [-0.2, -0.15) is 13.2 Å². The van der Waals surface area contributed by atoms with E-state index in [1.165, 1.54) is 18.2 Å². The van der Waals surface area contributed by atoms with Crippen LogP contribution in [-0.2, 0) is 15.7 Å². The molecule has 1 N–H and O–H groups in total. The highest BCUT2D eigenvalue weighted by atomic mass is 19.4. The van der Waals surface area contributed by atoms with Crippen molar-refractivity contribution in [1.82, 2.24) is 0 Å². The maximum atomic E-state index is 13.7. The summed E-state index contributed by atoms with van der Waals surface area (Å²) in [6, 6.07) is 14.4. The van der Waals surface area contributed by atoms with Gasteiger partial charge in [0.15, 0.2) is 0 Å². The largest absolute Gasteiger partial charge is 0.489 e. The minimum absolute atomic E-state index is 0.0293. The number of benzene rings is 3. The van der Waals surface area contributed by atoms with E-state index in [0.717, 1.165) is 23.3 Å². The third kappa shape index (κ3) is 5.87. The van der Waals surface area contributed by atoms with Crippen molar-refractivity contribution in [3.8, 4) is 5.75 Å². The summed E-state index contributed by atoms with van der Waals surface area (Å²) >= 11 is 0. The number of cyclic esters (lactones) is 1. The van der Waals surface area contributed by atoms with Gasteiger partial charge in [-0.15, -0.1) is 0 Å². The Labute approximate surface area is 206 Å². The maximum absolute atomic E-state index is 13.7. The average molecular weight is 503 g/mol. The number of carbonyl (C=O) groups excluding carboxylic acids is 1. The van der Waals surface area contributed by atoms with Crippen molar-refractivity contribution < 1.29 is 36.9 Å². The Morgan fingerprint density at radius 2 is 1.78 bits per heavy atom. The fraction of sp³-hybridized carbons (Fsp3) is 0.321. The van der Waals surface area contributed by atoms with E-state index >= 15 is 0 Å². The lowest BCUT2D eigenvalue weighted by Crippen LogP contribution is -2.36. The highest BCUT2D eigenvalue weighted by Gasteiger charge is 2.33. The summed E-state index contributed by atoms with van der Waals surface area (Å²) in [6.45, 7) is 3.66. The summed E-state index contributed by atoms with van der Waals surface area (Å²) in [6.07, 6.45) is -5.87. The van der Waals surface area contributed by atoms with Gasteiger partial charge in [0.1, 0.15) is 24.3 Å². The topological polar surface area (TPSA) is 55.8 Å². The van der Waals surface area contributed by atoms with E-state index < -0.39 is 41.7 Å². The number of carbonyl (C=O) groups is 1. The van der Waals surface area contributed by atoms with Gasteiger partial charge >= 0.3 is 12.1 Å². The second-order valence-electron chi connectivity index (χ2n) is 9.12. The Morgan fingerprint density at radius 1 is 1.06 bits per heavy atom. The first kappa shape index (κ1) is 25.7. The summed E-state index contributed by atoms with van der Waals surface area (Å²) in [5.41, 5.74) is 2.37. The van der Waals surface area contributed by atoms with Gasteiger partial charge in [-0.1, -0.05) is 48.0 Å². The normalized spacial score (nSPS) is 19.0. The molecule has 0 saturated carbocycles. The highest BCUT2D eigenvalue weighted by Crippen LogP contribution is 2.41. The molecule has 3 aromatic rings. The molecule has 0 amide bonds. The number of hydrogen-bond donors (Lipinski definition) is 1. The van der Waals surface area contributed by atoms with Gasteiger partial charge < -0.3 is 14.6 Å². The number of aliphatic hydroxyl groups excluding tert-OH is 1. The molecule has 1 heterocycles. The molecule has 0 aliphatic carbocycles. The number of halogens is 4. The SMILES string of the molecule is Cc1cc(C)c(OC[C@@H]2C[C@@H](O)CC(=O)O2)c(C(c2ccc(F)cc2)c2cccc(C(F)(F)F)c2)c1. The minimum Gasteiger partial charge on any atom is -0.489 e. The molecule has 1 aliphatic rings. The van der Waals surface area contributed by atoms with Gasteiger partial charge in [0.2, 0.25) is 0 Å². The van der Waals surface area contributed by atoms with Gasteiger partial charge in [0.25, 0.3) is 0 Å². The predicted octanol–water partition coefficient (Wildman–Crippen LogP) is 6.09. The van der Waals surface area contributed by atoms with Crippen LogP contribution in [0.1, 0.15) is 52.1 Å². The van der Waals surface area contributed by atoms with Crippen molar-refractivity contribution in [3.63, 3.8) is 0 Å². The quantitative estimate of drug-likeness (QED) is 0.252. The molecule has 0 bridgehead atoms. The number of hydrogen-bond acceptors (Lipinski definition) is 4. The molecule has 4 nitrogen and oxygen atoms in total. The van der Waals surface area contributed by atoms with Crippen molar-refractivity contribution in [2.75, 3.05) is 6.61 Å². The van der Waals surface area contributed by atoms with Crippen LogP contribution in [0.15, 0.2) is 60.7 Å². The molecule has 190 valence electrons. The molecule has 4 rings (SSSR count). The van der Waals surface area contributed by atoms with Crippen LogP contribution in [0.25, 0.3) is 0 Å². The summed E-state index contributed by atoms with van der Waals surface area (Å²) < 4.78 is 65.8. The summed E-state index contributed by atoms with van der Waals surface area (Å²) in [5.74, 6) is -1.24. The van der Waals surface area contributed by atoms with E-state index in [1.54, 1.807) is 18.2 Å². The zero-order valence-electron chi connectivity index (χ0n) is 19.8. The van der Waals surface area contributed by atoms with Crippen LogP contribution >= 0.6 is 0 Å². The second-order valence-corrected chi connectivity index (χ2v) is 9.12. The molecule has 3 atom stereocenters. The first-order valence-electron chi connectivity index (χ1n) is 11.6. The minimum atomic E-state index is -4.53. The number of alkyl halides is 3. The fourth-order valence-electron chi connectivity index (χ4n) is 4.64. The first-order valence-corrected chi connectivity index (χ1v) is 11.6. The molecule has 36 heavy (non-hydrogen) atoms. The summed E-state index contributed by atoms with van der Waals surface area (Å²) in [7, 11) is 0. The molecule has 3 aromatic carbocycles. The van der Waals surface area contributed by atoms with E-state index in [1.807, 2.05) is 26.0 Å². The van der Waals surface area contributed by atoms with E-state index in [9.17, 15) is 27.5 Å². The van der Waals surface area contributed by atoms with Gasteiger partial charge in [0, 0.05) is 17.9 Å². The lowest BCUT2D eigenvalue weighted by atomic mass is 9.82. The van der Waals surface area contributed by atoms with E-state index in [0.29, 0.717) is 22.4 Å².